The Kier molecular flexibility index (Phi) is 6.31. The van der Waals surface area contributed by atoms with Gasteiger partial charge < -0.3 is 14.7 Å². The average molecular weight is 399 g/mol. The molecular formula is C22H26N2O3S. The number of rotatable bonds is 6. The molecule has 2 aromatic rings. The van der Waals surface area contributed by atoms with Crippen LogP contribution in [0.15, 0.2) is 54.6 Å². The maximum absolute atomic E-state index is 13.1. The van der Waals surface area contributed by atoms with Crippen LogP contribution in [0.1, 0.15) is 31.9 Å². The largest absolute Gasteiger partial charge is 0.497 e. The second-order valence-corrected chi connectivity index (χ2v) is 7.66. The molecule has 0 radical (unpaired) electrons. The molecule has 1 amide bonds. The lowest BCUT2D eigenvalue weighted by atomic mass is 10.0. The van der Waals surface area contributed by atoms with Crippen LogP contribution < -0.4 is 9.64 Å². The molecule has 6 heteroatoms. The quantitative estimate of drug-likeness (QED) is 0.751. The molecule has 1 N–H and O–H groups in total. The maximum Gasteiger partial charge on any atom is 0.232 e. The first-order chi connectivity index (χ1) is 13.4. The van der Waals surface area contributed by atoms with Crippen LogP contribution in [0.4, 0.5) is 5.69 Å². The van der Waals surface area contributed by atoms with Crippen molar-refractivity contribution in [1.82, 2.24) is 4.90 Å². The van der Waals surface area contributed by atoms with Crippen molar-refractivity contribution in [2.24, 2.45) is 5.92 Å². The van der Waals surface area contributed by atoms with Gasteiger partial charge in [0.15, 0.2) is 5.11 Å². The summed E-state index contributed by atoms with van der Waals surface area (Å²) in [6.07, 6.45) is -0.905. The Hall–Kier alpha value is -2.44. The number of benzene rings is 2. The van der Waals surface area contributed by atoms with Gasteiger partial charge in [-0.05, 0) is 48.0 Å². The predicted octanol–water partition coefficient (Wildman–Crippen LogP) is 3.78. The number of hydrogen-bond donors (Lipinski definition) is 1. The third-order valence-corrected chi connectivity index (χ3v) is 5.53. The van der Waals surface area contributed by atoms with E-state index in [2.05, 4.69) is 13.8 Å². The Bertz CT molecular complexity index is 823. The molecule has 1 aliphatic heterocycles. The second kappa shape index (κ2) is 8.71. The zero-order chi connectivity index (χ0) is 20.3. The first-order valence-electron chi connectivity index (χ1n) is 9.43. The smallest absolute Gasteiger partial charge is 0.232 e. The molecule has 1 saturated heterocycles. The molecule has 1 heterocycles. The fourth-order valence-electron chi connectivity index (χ4n) is 3.45. The van der Waals surface area contributed by atoms with Crippen LogP contribution in [0.5, 0.6) is 5.75 Å². The summed E-state index contributed by atoms with van der Waals surface area (Å²) in [5.41, 5.74) is 1.66. The van der Waals surface area contributed by atoms with Gasteiger partial charge in [-0.15, -0.1) is 0 Å². The Morgan fingerprint density at radius 1 is 1.18 bits per heavy atom. The number of nitrogens with zero attached hydrogens (tertiary/aromatic N) is 2. The molecule has 0 bridgehead atoms. The van der Waals surface area contributed by atoms with Gasteiger partial charge in [0.2, 0.25) is 5.91 Å². The Balaban J connectivity index is 1.77. The van der Waals surface area contributed by atoms with Crippen LogP contribution in [0.2, 0.25) is 0 Å². The molecule has 2 aromatic carbocycles. The van der Waals surface area contributed by atoms with Crippen molar-refractivity contribution in [3.8, 4) is 5.75 Å². The summed E-state index contributed by atoms with van der Waals surface area (Å²) in [5.74, 6) is 0.792. The second-order valence-electron chi connectivity index (χ2n) is 7.30. The highest BCUT2D eigenvalue weighted by atomic mass is 32.1. The van der Waals surface area contributed by atoms with Crippen LogP contribution >= 0.6 is 12.2 Å². The SMILES string of the molecule is COc1ccc([C@H](O)CC(=O)N2C(=S)N(c3ccccc3)C[C@@H]2C(C)C)cc1. The van der Waals surface area contributed by atoms with Gasteiger partial charge in [-0.2, -0.15) is 0 Å². The van der Waals surface area contributed by atoms with E-state index in [1.807, 2.05) is 35.2 Å². The van der Waals surface area contributed by atoms with Gasteiger partial charge >= 0.3 is 0 Å². The monoisotopic (exact) mass is 398 g/mol. The number of para-hydroxylation sites is 1. The Labute approximate surface area is 171 Å². The first kappa shape index (κ1) is 20.3. The fraction of sp³-hybridized carbons (Fsp3) is 0.364. The molecule has 0 unspecified atom stereocenters. The minimum absolute atomic E-state index is 0.0156. The number of aliphatic hydroxyl groups is 1. The van der Waals surface area contributed by atoms with Gasteiger partial charge in [0.05, 0.1) is 25.7 Å². The van der Waals surface area contributed by atoms with Gasteiger partial charge in [-0.1, -0.05) is 44.2 Å². The van der Waals surface area contributed by atoms with Crippen LogP contribution in [-0.4, -0.2) is 40.7 Å². The lowest BCUT2D eigenvalue weighted by Crippen LogP contribution is -2.42. The van der Waals surface area contributed by atoms with E-state index < -0.39 is 6.10 Å². The van der Waals surface area contributed by atoms with Crippen LogP contribution in [0.25, 0.3) is 0 Å². The number of amides is 1. The number of thiocarbonyl (C=S) groups is 1. The van der Waals surface area contributed by atoms with E-state index in [0.29, 0.717) is 23.0 Å². The summed E-state index contributed by atoms with van der Waals surface area (Å²) in [7, 11) is 1.59. The highest BCUT2D eigenvalue weighted by Gasteiger charge is 2.40. The topological polar surface area (TPSA) is 53.0 Å². The zero-order valence-electron chi connectivity index (χ0n) is 16.4. The number of aliphatic hydroxyl groups excluding tert-OH is 1. The highest BCUT2D eigenvalue weighted by molar-refractivity contribution is 7.80. The lowest BCUT2D eigenvalue weighted by Gasteiger charge is -2.27. The molecule has 0 spiro atoms. The highest BCUT2D eigenvalue weighted by Crippen LogP contribution is 2.30. The van der Waals surface area contributed by atoms with Crippen LogP contribution in [-0.2, 0) is 4.79 Å². The number of carbonyl (C=O) groups is 1. The Morgan fingerprint density at radius 3 is 2.39 bits per heavy atom. The van der Waals surface area contributed by atoms with Gasteiger partial charge in [-0.25, -0.2) is 0 Å². The lowest BCUT2D eigenvalue weighted by molar-refractivity contribution is -0.131. The molecule has 2 atom stereocenters. The summed E-state index contributed by atoms with van der Waals surface area (Å²) in [6, 6.07) is 16.9. The van der Waals surface area contributed by atoms with Crippen LogP contribution in [0.3, 0.4) is 0 Å². The van der Waals surface area contributed by atoms with E-state index in [1.54, 1.807) is 36.3 Å². The summed E-state index contributed by atoms with van der Waals surface area (Å²) >= 11 is 5.65. The van der Waals surface area contributed by atoms with Gasteiger partial charge in [0.25, 0.3) is 0 Å². The number of hydrogen-bond acceptors (Lipinski definition) is 4. The summed E-state index contributed by atoms with van der Waals surface area (Å²) in [6.45, 7) is 4.83. The van der Waals surface area contributed by atoms with E-state index in [-0.39, 0.29) is 24.3 Å². The van der Waals surface area contributed by atoms with Gasteiger partial charge in [-0.3, -0.25) is 9.69 Å². The van der Waals surface area contributed by atoms with Crippen molar-refractivity contribution in [1.29, 1.82) is 0 Å². The van der Waals surface area contributed by atoms with Gasteiger partial charge in [0, 0.05) is 12.2 Å². The standard InChI is InChI=1S/C22H26N2O3S/c1-15(2)19-14-23(17-7-5-4-6-8-17)22(28)24(19)21(26)13-20(25)16-9-11-18(27-3)12-10-16/h4-12,15,19-20,25H,13-14H2,1-3H3/t19-,20-/m1/s1. The van der Waals surface area contributed by atoms with Crippen molar-refractivity contribution >= 4 is 28.9 Å². The average Bonchev–Trinajstić information content (AvgIpc) is 3.06. The summed E-state index contributed by atoms with van der Waals surface area (Å²) < 4.78 is 5.14. The molecular weight excluding hydrogens is 372 g/mol. The van der Waals surface area contributed by atoms with E-state index in [0.717, 1.165) is 5.69 Å². The maximum atomic E-state index is 13.1. The predicted molar refractivity (Wildman–Crippen MR) is 114 cm³/mol. The van der Waals surface area contributed by atoms with Crippen molar-refractivity contribution in [2.45, 2.75) is 32.4 Å². The van der Waals surface area contributed by atoms with Crippen molar-refractivity contribution < 1.29 is 14.6 Å². The third-order valence-electron chi connectivity index (χ3n) is 5.11. The molecule has 28 heavy (non-hydrogen) atoms. The molecule has 1 aliphatic rings. The molecule has 0 aromatic heterocycles. The van der Waals surface area contributed by atoms with E-state index in [1.165, 1.54) is 0 Å². The molecule has 1 fully saturated rings. The van der Waals surface area contributed by atoms with E-state index in [4.69, 9.17) is 17.0 Å². The van der Waals surface area contributed by atoms with Crippen LogP contribution in [0, 0.1) is 5.92 Å². The van der Waals surface area contributed by atoms with E-state index >= 15 is 0 Å². The number of anilines is 1. The van der Waals surface area contributed by atoms with Gasteiger partial charge in [0.1, 0.15) is 5.75 Å². The normalized spacial score (nSPS) is 17.9. The van der Waals surface area contributed by atoms with Crippen molar-refractivity contribution in [3.05, 3.63) is 60.2 Å². The third kappa shape index (κ3) is 4.18. The number of ether oxygens (including phenoxy) is 1. The molecule has 5 nitrogen and oxygen atoms in total. The number of methoxy groups -OCH3 is 1. The zero-order valence-corrected chi connectivity index (χ0v) is 17.2. The minimum atomic E-state index is -0.889. The summed E-state index contributed by atoms with van der Waals surface area (Å²) in [5, 5.41) is 11.1. The first-order valence-corrected chi connectivity index (χ1v) is 9.83. The van der Waals surface area contributed by atoms with E-state index in [9.17, 15) is 9.90 Å². The summed E-state index contributed by atoms with van der Waals surface area (Å²) in [4.78, 5) is 16.8. The van der Waals surface area contributed by atoms with Crippen molar-refractivity contribution in [3.63, 3.8) is 0 Å². The molecule has 3 rings (SSSR count). The molecule has 0 saturated carbocycles. The molecule has 148 valence electrons. The van der Waals surface area contributed by atoms with Crippen molar-refractivity contribution in [2.75, 3.05) is 18.6 Å². The molecule has 0 aliphatic carbocycles. The fourth-order valence-corrected chi connectivity index (χ4v) is 3.87. The number of carbonyl (C=O) groups excluding carboxylic acids is 1. The Morgan fingerprint density at radius 2 is 1.82 bits per heavy atom. The minimum Gasteiger partial charge on any atom is -0.497 e.